The van der Waals surface area contributed by atoms with E-state index in [1.54, 1.807) is 12.1 Å². The van der Waals surface area contributed by atoms with Crippen molar-refractivity contribution in [3.05, 3.63) is 64.9 Å². The van der Waals surface area contributed by atoms with Crippen molar-refractivity contribution < 1.29 is 18.3 Å². The second kappa shape index (κ2) is 9.45. The molecule has 1 aliphatic rings. The Morgan fingerprint density at radius 3 is 2.87 bits per heavy atom. The number of nitrogens with two attached hydrogens (primary N) is 1. The number of hydrogen-bond donors (Lipinski definition) is 3. The number of aromatic amines is 1. The standard InChI is InChI=1S/C22H23F2N3O2.ClH/c23-14-4-7-20-17(9-14)13(11-27-20)3-1-2-8-26-15-10-18-16(22(25)28)5-6-19(24)21(18)29-12-15;/h4-7,9,11,15,26-27H,1-3,8,10,12H2,(H2,25,28);1H. The minimum atomic E-state index is -0.583. The Balaban J connectivity index is 0.00000256. The van der Waals surface area contributed by atoms with Crippen LogP contribution >= 0.6 is 12.4 Å². The largest absolute Gasteiger partial charge is 0.489 e. The maximum absolute atomic E-state index is 13.9. The maximum atomic E-state index is 13.9. The molecular formula is C22H24ClF2N3O2. The Hall–Kier alpha value is -2.64. The van der Waals surface area contributed by atoms with E-state index < -0.39 is 11.7 Å². The molecule has 1 aliphatic heterocycles. The highest BCUT2D eigenvalue weighted by Crippen LogP contribution is 2.31. The number of amides is 1. The van der Waals surface area contributed by atoms with E-state index in [9.17, 15) is 13.6 Å². The van der Waals surface area contributed by atoms with Crippen LogP contribution in [0.5, 0.6) is 5.75 Å². The van der Waals surface area contributed by atoms with Crippen LogP contribution in [0.2, 0.25) is 0 Å². The van der Waals surface area contributed by atoms with E-state index in [-0.39, 0.29) is 30.0 Å². The number of hydrogen-bond acceptors (Lipinski definition) is 3. The molecule has 3 aromatic rings. The van der Waals surface area contributed by atoms with Gasteiger partial charge in [0.25, 0.3) is 0 Å². The summed E-state index contributed by atoms with van der Waals surface area (Å²) in [6.45, 7) is 1.11. The maximum Gasteiger partial charge on any atom is 0.249 e. The highest BCUT2D eigenvalue weighted by molar-refractivity contribution is 5.95. The van der Waals surface area contributed by atoms with E-state index >= 15 is 0 Å². The zero-order valence-corrected chi connectivity index (χ0v) is 17.2. The SMILES string of the molecule is Cl.NC(=O)c1ccc(F)c2c1CC(NCCCCc1c[nH]c3ccc(F)cc13)CO2. The molecule has 1 aromatic heterocycles. The van der Waals surface area contributed by atoms with E-state index in [1.807, 2.05) is 6.20 Å². The van der Waals surface area contributed by atoms with Gasteiger partial charge in [0.2, 0.25) is 5.91 Å². The topological polar surface area (TPSA) is 80.1 Å². The number of primary amides is 1. The quantitative estimate of drug-likeness (QED) is 0.493. The minimum Gasteiger partial charge on any atom is -0.489 e. The van der Waals surface area contributed by atoms with Crippen LogP contribution in [0.3, 0.4) is 0 Å². The average Bonchev–Trinajstić information content (AvgIpc) is 3.09. The monoisotopic (exact) mass is 435 g/mol. The molecule has 2 aromatic carbocycles. The van der Waals surface area contributed by atoms with Gasteiger partial charge in [0.1, 0.15) is 12.4 Å². The number of halogens is 3. The first kappa shape index (κ1) is 22.1. The van der Waals surface area contributed by atoms with Gasteiger partial charge in [0.05, 0.1) is 0 Å². The molecule has 0 aliphatic carbocycles. The Morgan fingerprint density at radius 2 is 2.07 bits per heavy atom. The van der Waals surface area contributed by atoms with Gasteiger partial charge < -0.3 is 20.8 Å². The third-order valence-corrected chi connectivity index (χ3v) is 5.39. The van der Waals surface area contributed by atoms with Crippen LogP contribution in [-0.2, 0) is 12.8 Å². The molecule has 4 rings (SSSR count). The number of fused-ring (bicyclic) bond motifs is 2. The molecule has 0 fully saturated rings. The minimum absolute atomic E-state index is 0. The smallest absolute Gasteiger partial charge is 0.249 e. The first-order valence-corrected chi connectivity index (χ1v) is 9.76. The number of unbranched alkanes of at least 4 members (excludes halogenated alkanes) is 1. The Morgan fingerprint density at radius 1 is 1.23 bits per heavy atom. The van der Waals surface area contributed by atoms with Gasteiger partial charge in [-0.3, -0.25) is 4.79 Å². The number of aryl methyl sites for hydroxylation is 1. The summed E-state index contributed by atoms with van der Waals surface area (Å²) in [7, 11) is 0. The summed E-state index contributed by atoms with van der Waals surface area (Å²) in [5.41, 5.74) is 8.29. The summed E-state index contributed by atoms with van der Waals surface area (Å²) in [5.74, 6) is -1.16. The first-order chi connectivity index (χ1) is 14.0. The van der Waals surface area contributed by atoms with Crippen LogP contribution in [0.25, 0.3) is 10.9 Å². The van der Waals surface area contributed by atoms with E-state index in [1.165, 1.54) is 18.2 Å². The lowest BCUT2D eigenvalue weighted by Gasteiger charge is -2.27. The molecule has 30 heavy (non-hydrogen) atoms. The molecule has 0 saturated heterocycles. The van der Waals surface area contributed by atoms with E-state index in [2.05, 4.69) is 10.3 Å². The average molecular weight is 436 g/mol. The van der Waals surface area contributed by atoms with Crippen molar-refractivity contribution in [2.75, 3.05) is 13.2 Å². The molecule has 4 N–H and O–H groups in total. The second-order valence-corrected chi connectivity index (χ2v) is 7.39. The van der Waals surface area contributed by atoms with E-state index in [0.717, 1.165) is 42.3 Å². The molecule has 160 valence electrons. The van der Waals surface area contributed by atoms with Crippen LogP contribution in [0.4, 0.5) is 8.78 Å². The van der Waals surface area contributed by atoms with E-state index in [0.29, 0.717) is 24.2 Å². The zero-order valence-electron chi connectivity index (χ0n) is 16.3. The van der Waals surface area contributed by atoms with Gasteiger partial charge in [0.15, 0.2) is 11.6 Å². The summed E-state index contributed by atoms with van der Waals surface area (Å²) in [6, 6.07) is 7.37. The number of rotatable bonds is 7. The molecule has 0 radical (unpaired) electrons. The predicted molar refractivity (Wildman–Crippen MR) is 114 cm³/mol. The molecule has 0 saturated carbocycles. The number of ether oxygens (including phenoxy) is 1. The summed E-state index contributed by atoms with van der Waals surface area (Å²) >= 11 is 0. The molecule has 1 amide bonds. The lowest BCUT2D eigenvalue weighted by atomic mass is 9.96. The van der Waals surface area contributed by atoms with Crippen molar-refractivity contribution in [3.63, 3.8) is 0 Å². The summed E-state index contributed by atoms with van der Waals surface area (Å²) in [4.78, 5) is 14.8. The fraction of sp³-hybridized carbons (Fsp3) is 0.318. The van der Waals surface area contributed by atoms with Crippen LogP contribution in [0.1, 0.15) is 34.3 Å². The highest BCUT2D eigenvalue weighted by atomic mass is 35.5. The second-order valence-electron chi connectivity index (χ2n) is 7.39. The number of nitrogens with one attached hydrogen (secondary N) is 2. The van der Waals surface area contributed by atoms with Crippen molar-refractivity contribution in [1.29, 1.82) is 0 Å². The first-order valence-electron chi connectivity index (χ1n) is 9.76. The van der Waals surface area contributed by atoms with Crippen molar-refractivity contribution in [1.82, 2.24) is 10.3 Å². The molecule has 5 nitrogen and oxygen atoms in total. The summed E-state index contributed by atoms with van der Waals surface area (Å²) < 4.78 is 33.0. The lowest BCUT2D eigenvalue weighted by molar-refractivity contribution is 0.0997. The summed E-state index contributed by atoms with van der Waals surface area (Å²) in [5, 5.41) is 4.33. The molecule has 2 heterocycles. The van der Waals surface area contributed by atoms with Gasteiger partial charge in [-0.2, -0.15) is 0 Å². The molecule has 8 heteroatoms. The van der Waals surface area contributed by atoms with Crippen molar-refractivity contribution in [3.8, 4) is 5.75 Å². The highest BCUT2D eigenvalue weighted by Gasteiger charge is 2.26. The number of benzene rings is 2. The van der Waals surface area contributed by atoms with Gasteiger partial charge in [-0.05, 0) is 68.1 Å². The van der Waals surface area contributed by atoms with Gasteiger partial charge in [0, 0.05) is 34.3 Å². The number of carbonyl (C=O) groups is 1. The van der Waals surface area contributed by atoms with Crippen LogP contribution in [0.15, 0.2) is 36.5 Å². The van der Waals surface area contributed by atoms with Crippen molar-refractivity contribution in [2.45, 2.75) is 31.7 Å². The third-order valence-electron chi connectivity index (χ3n) is 5.39. The van der Waals surface area contributed by atoms with Gasteiger partial charge in [-0.1, -0.05) is 0 Å². The Kier molecular flexibility index (Phi) is 6.95. The molecular weight excluding hydrogens is 412 g/mol. The number of H-pyrrole nitrogens is 1. The van der Waals surface area contributed by atoms with Gasteiger partial charge >= 0.3 is 0 Å². The third kappa shape index (κ3) is 4.57. The lowest BCUT2D eigenvalue weighted by Crippen LogP contribution is -2.40. The van der Waals surface area contributed by atoms with Crippen molar-refractivity contribution >= 4 is 29.2 Å². The van der Waals surface area contributed by atoms with Gasteiger partial charge in [-0.25, -0.2) is 8.78 Å². The van der Waals surface area contributed by atoms with Crippen LogP contribution < -0.4 is 15.8 Å². The van der Waals surface area contributed by atoms with E-state index in [4.69, 9.17) is 10.5 Å². The predicted octanol–water partition coefficient (Wildman–Crippen LogP) is 3.88. The molecule has 1 atom stereocenters. The fourth-order valence-corrected chi connectivity index (χ4v) is 3.91. The van der Waals surface area contributed by atoms with Crippen LogP contribution in [-0.4, -0.2) is 30.1 Å². The Labute approximate surface area is 179 Å². The zero-order chi connectivity index (χ0) is 20.4. The van der Waals surface area contributed by atoms with Gasteiger partial charge in [-0.15, -0.1) is 12.4 Å². The molecule has 0 spiro atoms. The molecule has 0 bridgehead atoms. The number of aromatic nitrogens is 1. The van der Waals surface area contributed by atoms with Crippen LogP contribution in [0, 0.1) is 11.6 Å². The number of carbonyl (C=O) groups excluding carboxylic acids is 1. The molecule has 1 unspecified atom stereocenters. The van der Waals surface area contributed by atoms with Crippen molar-refractivity contribution in [2.24, 2.45) is 5.73 Å². The Bertz CT molecular complexity index is 1050. The summed E-state index contributed by atoms with van der Waals surface area (Å²) in [6.07, 6.45) is 5.15. The normalized spacial score (nSPS) is 15.3. The fourth-order valence-electron chi connectivity index (χ4n) is 3.91.